The molecule has 0 saturated carbocycles. The summed E-state index contributed by atoms with van der Waals surface area (Å²) in [5.74, 6) is 0.0489. The molecule has 0 aliphatic rings. The molecule has 4 nitrogen and oxygen atoms in total. The van der Waals surface area contributed by atoms with Crippen LogP contribution < -0.4 is 10.9 Å². The molecule has 0 bridgehead atoms. The standard InChI is InChI=1S/C12H13N3OS/c1-8-11(9(2)16)17-12(13-8)15-14-10-6-4-3-5-7-10/h3-7,14H,1-2H3,(H,13,15). The number of anilines is 2. The minimum absolute atomic E-state index is 0.0489. The van der Waals surface area contributed by atoms with Gasteiger partial charge < -0.3 is 0 Å². The van der Waals surface area contributed by atoms with Crippen LogP contribution in [0.5, 0.6) is 0 Å². The minimum atomic E-state index is 0.0489. The highest BCUT2D eigenvalue weighted by Crippen LogP contribution is 2.22. The lowest BCUT2D eigenvalue weighted by atomic mass is 10.3. The van der Waals surface area contributed by atoms with Gasteiger partial charge in [0.25, 0.3) is 0 Å². The lowest BCUT2D eigenvalue weighted by molar-refractivity contribution is 0.102. The lowest BCUT2D eigenvalue weighted by Gasteiger charge is -2.05. The van der Waals surface area contributed by atoms with E-state index in [1.807, 2.05) is 37.3 Å². The fourth-order valence-electron chi connectivity index (χ4n) is 1.42. The van der Waals surface area contributed by atoms with Gasteiger partial charge in [0.15, 0.2) is 5.78 Å². The zero-order valence-corrected chi connectivity index (χ0v) is 10.5. The fourth-order valence-corrected chi connectivity index (χ4v) is 2.24. The van der Waals surface area contributed by atoms with Crippen LogP contribution in [0.4, 0.5) is 10.8 Å². The van der Waals surface area contributed by atoms with Crippen LogP contribution in [0, 0.1) is 6.92 Å². The average Bonchev–Trinajstić information content (AvgIpc) is 2.69. The minimum Gasteiger partial charge on any atom is -0.299 e. The molecule has 2 N–H and O–H groups in total. The summed E-state index contributed by atoms with van der Waals surface area (Å²) in [6.07, 6.45) is 0. The summed E-state index contributed by atoms with van der Waals surface area (Å²) in [6.45, 7) is 3.38. The van der Waals surface area contributed by atoms with Crippen LogP contribution in [0.1, 0.15) is 22.3 Å². The highest BCUT2D eigenvalue weighted by molar-refractivity contribution is 7.17. The number of rotatable bonds is 4. The molecule has 1 aromatic heterocycles. The molecule has 0 aliphatic carbocycles. The van der Waals surface area contributed by atoms with E-state index in [9.17, 15) is 4.79 Å². The van der Waals surface area contributed by atoms with E-state index < -0.39 is 0 Å². The number of hydrogen-bond acceptors (Lipinski definition) is 5. The molecule has 0 atom stereocenters. The van der Waals surface area contributed by atoms with Gasteiger partial charge in [-0.05, 0) is 19.1 Å². The number of hydrazine groups is 1. The van der Waals surface area contributed by atoms with E-state index in [0.29, 0.717) is 10.0 Å². The fraction of sp³-hybridized carbons (Fsp3) is 0.167. The van der Waals surface area contributed by atoms with Gasteiger partial charge >= 0.3 is 0 Å². The first-order valence-electron chi connectivity index (χ1n) is 5.22. The average molecular weight is 247 g/mol. The molecule has 5 heteroatoms. The molecule has 1 heterocycles. The van der Waals surface area contributed by atoms with E-state index in [0.717, 1.165) is 11.4 Å². The number of para-hydroxylation sites is 1. The molecule has 0 spiro atoms. The van der Waals surface area contributed by atoms with Gasteiger partial charge in [-0.2, -0.15) is 0 Å². The lowest BCUT2D eigenvalue weighted by Crippen LogP contribution is -2.07. The number of hydrogen-bond donors (Lipinski definition) is 2. The molecule has 2 aromatic rings. The molecule has 0 fully saturated rings. The van der Waals surface area contributed by atoms with Crippen molar-refractivity contribution in [3.63, 3.8) is 0 Å². The molecule has 17 heavy (non-hydrogen) atoms. The molecular weight excluding hydrogens is 234 g/mol. The molecule has 88 valence electrons. The predicted molar refractivity (Wildman–Crippen MR) is 70.5 cm³/mol. The number of nitrogens with zero attached hydrogens (tertiary/aromatic N) is 1. The Balaban J connectivity index is 2.05. The largest absolute Gasteiger partial charge is 0.299 e. The quantitative estimate of drug-likeness (QED) is 0.644. The molecule has 0 unspecified atom stereocenters. The maximum absolute atomic E-state index is 11.3. The zero-order chi connectivity index (χ0) is 12.3. The summed E-state index contributed by atoms with van der Waals surface area (Å²) < 4.78 is 0. The highest BCUT2D eigenvalue weighted by Gasteiger charge is 2.10. The zero-order valence-electron chi connectivity index (χ0n) is 9.65. The van der Waals surface area contributed by atoms with E-state index in [-0.39, 0.29) is 5.78 Å². The first kappa shape index (κ1) is 11.6. The number of carbonyl (C=O) groups excluding carboxylic acids is 1. The van der Waals surface area contributed by atoms with Gasteiger partial charge in [0.1, 0.15) is 0 Å². The second kappa shape index (κ2) is 4.97. The molecular formula is C12H13N3OS. The van der Waals surface area contributed by atoms with E-state index in [1.165, 1.54) is 11.3 Å². The Morgan fingerprint density at radius 2 is 1.94 bits per heavy atom. The van der Waals surface area contributed by atoms with Crippen LogP contribution in [-0.4, -0.2) is 10.8 Å². The van der Waals surface area contributed by atoms with Crippen LogP contribution in [0.15, 0.2) is 30.3 Å². The second-order valence-electron chi connectivity index (χ2n) is 3.61. The Bertz CT molecular complexity index is 522. The van der Waals surface area contributed by atoms with Crippen molar-refractivity contribution in [3.8, 4) is 0 Å². The Hall–Kier alpha value is -1.88. The van der Waals surface area contributed by atoms with Crippen molar-refractivity contribution in [2.75, 3.05) is 10.9 Å². The third-order valence-corrected chi connectivity index (χ3v) is 3.38. The van der Waals surface area contributed by atoms with E-state index in [1.54, 1.807) is 6.92 Å². The first-order chi connectivity index (χ1) is 8.16. The second-order valence-corrected chi connectivity index (χ2v) is 4.60. The number of aromatic nitrogens is 1. The SMILES string of the molecule is CC(=O)c1sc(NNc2ccccc2)nc1C. The Morgan fingerprint density at radius 1 is 1.24 bits per heavy atom. The molecule has 0 radical (unpaired) electrons. The number of ketones is 1. The van der Waals surface area contributed by atoms with Crippen LogP contribution in [0.2, 0.25) is 0 Å². The number of Topliss-reactive ketones (excluding diaryl/α,β-unsaturated/α-hetero) is 1. The molecule has 2 rings (SSSR count). The van der Waals surface area contributed by atoms with Crippen molar-refractivity contribution in [2.45, 2.75) is 13.8 Å². The van der Waals surface area contributed by atoms with E-state index >= 15 is 0 Å². The maximum atomic E-state index is 11.3. The van der Waals surface area contributed by atoms with Gasteiger partial charge in [-0.1, -0.05) is 29.5 Å². The summed E-state index contributed by atoms with van der Waals surface area (Å²) in [4.78, 5) is 16.2. The van der Waals surface area contributed by atoms with Crippen molar-refractivity contribution in [1.29, 1.82) is 0 Å². The van der Waals surface area contributed by atoms with Gasteiger partial charge in [-0.25, -0.2) is 4.98 Å². The van der Waals surface area contributed by atoms with Gasteiger partial charge in [0.2, 0.25) is 5.13 Å². The van der Waals surface area contributed by atoms with Crippen LogP contribution >= 0.6 is 11.3 Å². The smallest absolute Gasteiger partial charge is 0.202 e. The molecule has 0 saturated heterocycles. The van der Waals surface area contributed by atoms with E-state index in [2.05, 4.69) is 15.8 Å². The van der Waals surface area contributed by atoms with E-state index in [4.69, 9.17) is 0 Å². The number of thiazole rings is 1. The monoisotopic (exact) mass is 247 g/mol. The van der Waals surface area contributed by atoms with Crippen molar-refractivity contribution in [3.05, 3.63) is 40.9 Å². The summed E-state index contributed by atoms with van der Waals surface area (Å²) >= 11 is 1.35. The van der Waals surface area contributed by atoms with Crippen molar-refractivity contribution < 1.29 is 4.79 Å². The topological polar surface area (TPSA) is 54.0 Å². The number of carbonyl (C=O) groups is 1. The maximum Gasteiger partial charge on any atom is 0.202 e. The summed E-state index contributed by atoms with van der Waals surface area (Å²) in [5, 5.41) is 0.691. The Labute approximate surface area is 104 Å². The number of benzene rings is 1. The first-order valence-corrected chi connectivity index (χ1v) is 6.04. The highest BCUT2D eigenvalue weighted by atomic mass is 32.1. The third kappa shape index (κ3) is 2.82. The van der Waals surface area contributed by atoms with Crippen LogP contribution in [-0.2, 0) is 0 Å². The van der Waals surface area contributed by atoms with Crippen LogP contribution in [0.25, 0.3) is 0 Å². The third-order valence-electron chi connectivity index (χ3n) is 2.20. The van der Waals surface area contributed by atoms with Gasteiger partial charge in [-0.15, -0.1) is 0 Å². The van der Waals surface area contributed by atoms with Gasteiger partial charge in [0, 0.05) is 6.92 Å². The molecule has 1 aromatic carbocycles. The number of nitrogens with one attached hydrogen (secondary N) is 2. The molecule has 0 amide bonds. The van der Waals surface area contributed by atoms with Crippen molar-refractivity contribution in [1.82, 2.24) is 4.98 Å². The van der Waals surface area contributed by atoms with Gasteiger partial charge in [-0.3, -0.25) is 15.6 Å². The normalized spacial score (nSPS) is 10.0. The Kier molecular flexibility index (Phi) is 3.39. The number of aryl methyl sites for hydroxylation is 1. The van der Waals surface area contributed by atoms with Crippen LogP contribution in [0.3, 0.4) is 0 Å². The molecule has 0 aliphatic heterocycles. The Morgan fingerprint density at radius 3 is 2.53 bits per heavy atom. The summed E-state index contributed by atoms with van der Waals surface area (Å²) in [5.41, 5.74) is 7.72. The van der Waals surface area contributed by atoms with Gasteiger partial charge in [0.05, 0.1) is 16.3 Å². The summed E-state index contributed by atoms with van der Waals surface area (Å²) in [6, 6.07) is 9.72. The van der Waals surface area contributed by atoms with Crippen molar-refractivity contribution in [2.24, 2.45) is 0 Å². The summed E-state index contributed by atoms with van der Waals surface area (Å²) in [7, 11) is 0. The predicted octanol–water partition coefficient (Wildman–Crippen LogP) is 3.09. The van der Waals surface area contributed by atoms with Crippen molar-refractivity contribution >= 4 is 27.9 Å².